The smallest absolute Gasteiger partial charge is 0.251 e. The van der Waals surface area contributed by atoms with Gasteiger partial charge in [0.25, 0.3) is 5.91 Å². The van der Waals surface area contributed by atoms with E-state index in [2.05, 4.69) is 71.4 Å². The summed E-state index contributed by atoms with van der Waals surface area (Å²) in [5, 5.41) is 3.08. The Balaban J connectivity index is 1.21. The molecule has 0 aliphatic carbocycles. The second-order valence-corrected chi connectivity index (χ2v) is 10.1. The standard InChI is InChI=1S/C33H41N3O2/c1-4-27-16-18-28(19-17-27)38-23-11-10-22-36-31-13-8-7-12-30(31)35-32(36)14-6-5-9-21-34-33(37)29-20-15-25(2)24-26(29)3/h7-8,12-13,15-20,24H,4-6,9-11,14,21-23H2,1-3H3,(H,34,37). The number of unbranched alkanes of at least 4 members (excludes halogenated alkanes) is 3. The molecule has 0 unspecified atom stereocenters. The maximum absolute atomic E-state index is 12.5. The number of carbonyl (C=O) groups is 1. The summed E-state index contributed by atoms with van der Waals surface area (Å²) in [6.07, 6.45) is 7.12. The largest absolute Gasteiger partial charge is 0.494 e. The highest BCUT2D eigenvalue weighted by Gasteiger charge is 2.11. The van der Waals surface area contributed by atoms with E-state index in [1.165, 1.54) is 16.6 Å². The topological polar surface area (TPSA) is 56.1 Å². The molecule has 4 aromatic rings. The van der Waals surface area contributed by atoms with Gasteiger partial charge in [-0.05, 0) is 87.4 Å². The third-order valence-corrected chi connectivity index (χ3v) is 7.10. The summed E-state index contributed by atoms with van der Waals surface area (Å²) in [5.41, 5.74) is 6.58. The number of rotatable bonds is 14. The van der Waals surface area contributed by atoms with Crippen LogP contribution in [0.2, 0.25) is 0 Å². The second-order valence-electron chi connectivity index (χ2n) is 10.1. The van der Waals surface area contributed by atoms with E-state index >= 15 is 0 Å². The van der Waals surface area contributed by atoms with Gasteiger partial charge in [-0.15, -0.1) is 0 Å². The molecule has 1 N–H and O–H groups in total. The van der Waals surface area contributed by atoms with Crippen molar-refractivity contribution in [3.63, 3.8) is 0 Å². The fourth-order valence-electron chi connectivity index (χ4n) is 4.90. The summed E-state index contributed by atoms with van der Waals surface area (Å²) in [5.74, 6) is 2.12. The molecular formula is C33H41N3O2. The minimum atomic E-state index is 0.0197. The Morgan fingerprint density at radius 3 is 2.53 bits per heavy atom. The van der Waals surface area contributed by atoms with E-state index in [0.29, 0.717) is 6.54 Å². The summed E-state index contributed by atoms with van der Waals surface area (Å²) in [6.45, 7) is 8.57. The zero-order valence-corrected chi connectivity index (χ0v) is 23.1. The quantitative estimate of drug-likeness (QED) is 0.182. The van der Waals surface area contributed by atoms with Gasteiger partial charge >= 0.3 is 0 Å². The SMILES string of the molecule is CCc1ccc(OCCCCn2c(CCCCCNC(=O)c3ccc(C)cc3C)nc3ccccc32)cc1. The molecule has 0 atom stereocenters. The molecule has 200 valence electrons. The van der Waals surface area contributed by atoms with Gasteiger partial charge in [-0.2, -0.15) is 0 Å². The maximum Gasteiger partial charge on any atom is 0.251 e. The molecular weight excluding hydrogens is 470 g/mol. The molecule has 0 bridgehead atoms. The Morgan fingerprint density at radius 2 is 1.74 bits per heavy atom. The fraction of sp³-hybridized carbons (Fsp3) is 0.394. The number of ether oxygens (including phenoxy) is 1. The summed E-state index contributed by atoms with van der Waals surface area (Å²) < 4.78 is 8.33. The highest BCUT2D eigenvalue weighted by molar-refractivity contribution is 5.95. The van der Waals surface area contributed by atoms with Crippen molar-refractivity contribution in [1.82, 2.24) is 14.9 Å². The lowest BCUT2D eigenvalue weighted by Crippen LogP contribution is -2.25. The molecule has 0 radical (unpaired) electrons. The van der Waals surface area contributed by atoms with Gasteiger partial charge < -0.3 is 14.6 Å². The third-order valence-electron chi connectivity index (χ3n) is 7.10. The summed E-state index contributed by atoms with van der Waals surface area (Å²) >= 11 is 0. The van der Waals surface area contributed by atoms with Gasteiger partial charge in [-0.3, -0.25) is 4.79 Å². The van der Waals surface area contributed by atoms with Crippen molar-refractivity contribution < 1.29 is 9.53 Å². The average Bonchev–Trinajstić information content (AvgIpc) is 3.28. The molecule has 5 heteroatoms. The number of carbonyl (C=O) groups excluding carboxylic acids is 1. The molecule has 0 saturated heterocycles. The van der Waals surface area contributed by atoms with Crippen LogP contribution in [0, 0.1) is 13.8 Å². The van der Waals surface area contributed by atoms with Crippen molar-refractivity contribution in [2.24, 2.45) is 0 Å². The Morgan fingerprint density at radius 1 is 0.921 bits per heavy atom. The predicted octanol–water partition coefficient (Wildman–Crippen LogP) is 7.22. The number of nitrogens with zero attached hydrogens (tertiary/aromatic N) is 2. The van der Waals surface area contributed by atoms with E-state index in [1.807, 2.05) is 26.0 Å². The van der Waals surface area contributed by atoms with Crippen molar-refractivity contribution in [3.8, 4) is 5.75 Å². The van der Waals surface area contributed by atoms with Gasteiger partial charge in [0.05, 0.1) is 17.6 Å². The van der Waals surface area contributed by atoms with Crippen LogP contribution in [0.3, 0.4) is 0 Å². The molecule has 0 fully saturated rings. The van der Waals surface area contributed by atoms with Gasteiger partial charge in [0, 0.05) is 25.1 Å². The van der Waals surface area contributed by atoms with Crippen LogP contribution in [0.5, 0.6) is 5.75 Å². The van der Waals surface area contributed by atoms with Crippen LogP contribution in [-0.4, -0.2) is 28.6 Å². The minimum absolute atomic E-state index is 0.0197. The molecule has 3 aromatic carbocycles. The van der Waals surface area contributed by atoms with Gasteiger partial charge in [0.1, 0.15) is 11.6 Å². The van der Waals surface area contributed by atoms with Crippen molar-refractivity contribution in [2.75, 3.05) is 13.2 Å². The predicted molar refractivity (Wildman–Crippen MR) is 156 cm³/mol. The lowest BCUT2D eigenvalue weighted by molar-refractivity contribution is 0.0952. The monoisotopic (exact) mass is 511 g/mol. The highest BCUT2D eigenvalue weighted by atomic mass is 16.5. The number of imidazole rings is 1. The molecule has 1 aromatic heterocycles. The van der Waals surface area contributed by atoms with Crippen LogP contribution in [-0.2, 0) is 19.4 Å². The van der Waals surface area contributed by atoms with E-state index in [1.54, 1.807) is 0 Å². The van der Waals surface area contributed by atoms with E-state index in [9.17, 15) is 4.79 Å². The molecule has 38 heavy (non-hydrogen) atoms. The number of nitrogens with one attached hydrogen (secondary N) is 1. The van der Waals surface area contributed by atoms with Crippen molar-refractivity contribution in [3.05, 3.63) is 94.8 Å². The first-order valence-corrected chi connectivity index (χ1v) is 14.1. The Bertz CT molecular complexity index is 1320. The van der Waals surface area contributed by atoms with Crippen LogP contribution in [0.4, 0.5) is 0 Å². The minimum Gasteiger partial charge on any atom is -0.494 e. The normalized spacial score (nSPS) is 11.1. The number of hydrogen-bond acceptors (Lipinski definition) is 3. The molecule has 0 aliphatic rings. The zero-order valence-electron chi connectivity index (χ0n) is 23.1. The van der Waals surface area contributed by atoms with Gasteiger partial charge in [-0.25, -0.2) is 4.98 Å². The maximum atomic E-state index is 12.5. The Labute approximate surface area is 227 Å². The summed E-state index contributed by atoms with van der Waals surface area (Å²) in [7, 11) is 0. The summed E-state index contributed by atoms with van der Waals surface area (Å²) in [6, 6.07) is 22.8. The lowest BCUT2D eigenvalue weighted by atomic mass is 10.1. The number of aryl methyl sites for hydroxylation is 5. The van der Waals surface area contributed by atoms with Crippen molar-refractivity contribution >= 4 is 16.9 Å². The molecule has 0 saturated carbocycles. The van der Waals surface area contributed by atoms with Gasteiger partial charge in [-0.1, -0.05) is 55.3 Å². The second kappa shape index (κ2) is 13.8. The van der Waals surface area contributed by atoms with E-state index in [4.69, 9.17) is 9.72 Å². The first-order chi connectivity index (χ1) is 18.5. The summed E-state index contributed by atoms with van der Waals surface area (Å²) in [4.78, 5) is 17.4. The lowest BCUT2D eigenvalue weighted by Gasteiger charge is -2.11. The zero-order chi connectivity index (χ0) is 26.7. The molecule has 1 amide bonds. The average molecular weight is 512 g/mol. The number of fused-ring (bicyclic) bond motifs is 1. The molecule has 0 spiro atoms. The number of benzene rings is 3. The van der Waals surface area contributed by atoms with Crippen molar-refractivity contribution in [2.45, 2.75) is 72.3 Å². The van der Waals surface area contributed by atoms with Crippen LogP contribution < -0.4 is 10.1 Å². The van der Waals surface area contributed by atoms with Crippen LogP contribution in [0.1, 0.15) is 71.9 Å². The van der Waals surface area contributed by atoms with E-state index < -0.39 is 0 Å². The van der Waals surface area contributed by atoms with Gasteiger partial charge in [0.2, 0.25) is 0 Å². The highest BCUT2D eigenvalue weighted by Crippen LogP contribution is 2.19. The molecule has 0 aliphatic heterocycles. The Kier molecular flexibility index (Phi) is 9.97. The van der Waals surface area contributed by atoms with Crippen LogP contribution in [0.15, 0.2) is 66.7 Å². The number of amides is 1. The fourth-order valence-corrected chi connectivity index (χ4v) is 4.90. The van der Waals surface area contributed by atoms with Gasteiger partial charge in [0.15, 0.2) is 0 Å². The number of para-hydroxylation sites is 2. The molecule has 4 rings (SSSR count). The first-order valence-electron chi connectivity index (χ1n) is 14.1. The molecule has 5 nitrogen and oxygen atoms in total. The number of hydrogen-bond donors (Lipinski definition) is 1. The first kappa shape index (κ1) is 27.4. The number of aromatic nitrogens is 2. The van der Waals surface area contributed by atoms with Crippen molar-refractivity contribution in [1.29, 1.82) is 0 Å². The molecule has 1 heterocycles. The van der Waals surface area contributed by atoms with E-state index in [-0.39, 0.29) is 5.91 Å². The van der Waals surface area contributed by atoms with E-state index in [0.717, 1.165) is 86.3 Å². The van der Waals surface area contributed by atoms with Crippen LogP contribution >= 0.6 is 0 Å². The van der Waals surface area contributed by atoms with Crippen LogP contribution in [0.25, 0.3) is 11.0 Å². The Hall–Kier alpha value is -3.60. The third kappa shape index (κ3) is 7.47.